The van der Waals surface area contributed by atoms with Gasteiger partial charge in [-0.25, -0.2) is 9.78 Å². The summed E-state index contributed by atoms with van der Waals surface area (Å²) in [6.45, 7) is 0. The molecule has 0 radical (unpaired) electrons. The van der Waals surface area contributed by atoms with Crippen LogP contribution in [-0.2, 0) is 0 Å². The Morgan fingerprint density at radius 3 is 2.18 bits per heavy atom. The fourth-order valence-corrected chi connectivity index (χ4v) is 3.73. The number of ketones is 1. The molecule has 0 bridgehead atoms. The van der Waals surface area contributed by atoms with Crippen LogP contribution in [0.4, 0.5) is 0 Å². The molecule has 5 rings (SSSR count). The minimum atomic E-state index is -1.11. The Kier molecular flexibility index (Phi) is 4.95. The summed E-state index contributed by atoms with van der Waals surface area (Å²) >= 11 is 0. The number of carbonyl (C=O) groups is 2. The summed E-state index contributed by atoms with van der Waals surface area (Å²) in [5.41, 5.74) is 3.37. The molecule has 160 valence electrons. The molecular formula is C27H17NO5. The summed E-state index contributed by atoms with van der Waals surface area (Å²) in [5, 5.41) is 20.3. The van der Waals surface area contributed by atoms with E-state index < -0.39 is 5.97 Å². The molecule has 33 heavy (non-hydrogen) atoms. The van der Waals surface area contributed by atoms with Crippen LogP contribution in [0.1, 0.15) is 26.3 Å². The van der Waals surface area contributed by atoms with Gasteiger partial charge in [0.2, 0.25) is 5.89 Å². The van der Waals surface area contributed by atoms with Gasteiger partial charge in [-0.05, 0) is 53.6 Å². The molecule has 5 aromatic rings. The molecule has 1 heterocycles. The van der Waals surface area contributed by atoms with E-state index in [0.29, 0.717) is 39.2 Å². The number of aromatic nitrogens is 1. The Morgan fingerprint density at radius 2 is 1.45 bits per heavy atom. The van der Waals surface area contributed by atoms with Crippen LogP contribution >= 0.6 is 0 Å². The summed E-state index contributed by atoms with van der Waals surface area (Å²) in [7, 11) is 0. The van der Waals surface area contributed by atoms with Gasteiger partial charge in [-0.3, -0.25) is 4.79 Å². The first-order chi connectivity index (χ1) is 16.0. The molecule has 0 unspecified atom stereocenters. The van der Waals surface area contributed by atoms with Crippen molar-refractivity contribution in [3.63, 3.8) is 0 Å². The maximum atomic E-state index is 12.7. The molecule has 0 aliphatic carbocycles. The highest BCUT2D eigenvalue weighted by Crippen LogP contribution is 2.34. The van der Waals surface area contributed by atoms with Gasteiger partial charge in [0.1, 0.15) is 11.3 Å². The SMILES string of the molecule is O=C(c1ccccc1)c1ccc(-c2cc(-c3nc4ccccc4o3)ccc2C(=O)O)cc1O. The van der Waals surface area contributed by atoms with Crippen LogP contribution in [0.25, 0.3) is 33.7 Å². The van der Waals surface area contributed by atoms with Gasteiger partial charge < -0.3 is 14.6 Å². The molecule has 0 aliphatic heterocycles. The van der Waals surface area contributed by atoms with E-state index in [9.17, 15) is 19.8 Å². The highest BCUT2D eigenvalue weighted by molar-refractivity contribution is 6.11. The summed E-state index contributed by atoms with van der Waals surface area (Å²) in [4.78, 5) is 29.1. The van der Waals surface area contributed by atoms with E-state index in [1.165, 1.54) is 18.2 Å². The summed E-state index contributed by atoms with van der Waals surface area (Å²) < 4.78 is 5.82. The van der Waals surface area contributed by atoms with Gasteiger partial charge in [-0.15, -0.1) is 0 Å². The molecule has 0 saturated heterocycles. The van der Waals surface area contributed by atoms with E-state index in [2.05, 4.69) is 4.98 Å². The van der Waals surface area contributed by atoms with Crippen LogP contribution in [0.2, 0.25) is 0 Å². The van der Waals surface area contributed by atoms with Crippen molar-refractivity contribution in [3.05, 3.63) is 108 Å². The number of carboxylic acids is 1. The van der Waals surface area contributed by atoms with Crippen LogP contribution in [0.3, 0.4) is 0 Å². The van der Waals surface area contributed by atoms with Crippen molar-refractivity contribution in [2.45, 2.75) is 0 Å². The first-order valence-electron chi connectivity index (χ1n) is 10.2. The van der Waals surface area contributed by atoms with Crippen LogP contribution in [0.5, 0.6) is 5.75 Å². The second-order valence-corrected chi connectivity index (χ2v) is 7.48. The number of nitrogens with zero attached hydrogens (tertiary/aromatic N) is 1. The Balaban J connectivity index is 1.59. The highest BCUT2D eigenvalue weighted by atomic mass is 16.4. The summed E-state index contributed by atoms with van der Waals surface area (Å²) in [5.74, 6) is -1.31. The number of hydrogen-bond acceptors (Lipinski definition) is 5. The predicted octanol–water partition coefficient (Wildman–Crippen LogP) is 5.80. The first kappa shape index (κ1) is 20.2. The third kappa shape index (κ3) is 3.74. The third-order valence-corrected chi connectivity index (χ3v) is 5.38. The normalized spacial score (nSPS) is 10.9. The predicted molar refractivity (Wildman–Crippen MR) is 123 cm³/mol. The Bertz CT molecular complexity index is 1490. The number of carbonyl (C=O) groups excluding carboxylic acids is 1. The van der Waals surface area contributed by atoms with E-state index in [1.54, 1.807) is 54.6 Å². The maximum Gasteiger partial charge on any atom is 0.336 e. The van der Waals surface area contributed by atoms with Gasteiger partial charge in [0.05, 0.1) is 11.1 Å². The quantitative estimate of drug-likeness (QED) is 0.339. The maximum absolute atomic E-state index is 12.7. The van der Waals surface area contributed by atoms with Crippen molar-refractivity contribution in [2.24, 2.45) is 0 Å². The molecule has 0 aliphatic rings. The number of aromatic carboxylic acids is 1. The Hall–Kier alpha value is -4.71. The second kappa shape index (κ2) is 8.09. The van der Waals surface area contributed by atoms with Crippen LogP contribution < -0.4 is 0 Å². The smallest absolute Gasteiger partial charge is 0.336 e. The molecule has 0 atom stereocenters. The average Bonchev–Trinajstić information content (AvgIpc) is 3.28. The van der Waals surface area contributed by atoms with Crippen LogP contribution in [0.15, 0.2) is 95.4 Å². The third-order valence-electron chi connectivity index (χ3n) is 5.38. The van der Waals surface area contributed by atoms with Crippen LogP contribution in [0, 0.1) is 0 Å². The number of hydrogen-bond donors (Lipinski definition) is 2. The first-order valence-corrected chi connectivity index (χ1v) is 10.2. The number of benzene rings is 4. The van der Waals surface area contributed by atoms with E-state index in [-0.39, 0.29) is 22.7 Å². The lowest BCUT2D eigenvalue weighted by atomic mass is 9.94. The fourth-order valence-electron chi connectivity index (χ4n) is 3.73. The molecule has 6 heteroatoms. The van der Waals surface area contributed by atoms with Gasteiger partial charge in [-0.2, -0.15) is 0 Å². The number of para-hydroxylation sites is 2. The number of phenols is 1. The van der Waals surface area contributed by atoms with Gasteiger partial charge >= 0.3 is 5.97 Å². The Labute approximate surface area is 188 Å². The van der Waals surface area contributed by atoms with Gasteiger partial charge in [0.15, 0.2) is 11.4 Å². The van der Waals surface area contributed by atoms with Gasteiger partial charge in [-0.1, -0.05) is 48.5 Å². The minimum absolute atomic E-state index is 0.0522. The number of aromatic hydroxyl groups is 1. The summed E-state index contributed by atoms with van der Waals surface area (Å²) in [6, 6.07) is 25.2. The highest BCUT2D eigenvalue weighted by Gasteiger charge is 2.19. The molecule has 1 aromatic heterocycles. The van der Waals surface area contributed by atoms with Crippen molar-refractivity contribution in [1.29, 1.82) is 0 Å². The topological polar surface area (TPSA) is 101 Å². The largest absolute Gasteiger partial charge is 0.507 e. The van der Waals surface area contributed by atoms with Gasteiger partial charge in [0, 0.05) is 11.1 Å². The minimum Gasteiger partial charge on any atom is -0.507 e. The standard InChI is InChI=1S/C27H17NO5/c29-23-15-17(10-13-20(23)25(30)16-6-2-1-3-7-16)21-14-18(11-12-19(21)27(31)32)26-28-22-8-4-5-9-24(22)33-26/h1-15,29H,(H,31,32). The number of oxazole rings is 1. The van der Waals surface area contributed by atoms with Crippen molar-refractivity contribution in [2.75, 3.05) is 0 Å². The second-order valence-electron chi connectivity index (χ2n) is 7.48. The molecule has 0 fully saturated rings. The lowest BCUT2D eigenvalue weighted by molar-refractivity contribution is 0.0697. The molecule has 0 saturated carbocycles. The van der Waals surface area contributed by atoms with Crippen LogP contribution in [-0.4, -0.2) is 26.9 Å². The number of rotatable bonds is 5. The number of carboxylic acid groups (broad SMARTS) is 1. The molecular weight excluding hydrogens is 418 g/mol. The van der Waals surface area contributed by atoms with Gasteiger partial charge in [0.25, 0.3) is 0 Å². The van der Waals surface area contributed by atoms with E-state index in [4.69, 9.17) is 4.42 Å². The Morgan fingerprint density at radius 1 is 0.758 bits per heavy atom. The van der Waals surface area contributed by atoms with E-state index in [1.807, 2.05) is 18.2 Å². The lowest BCUT2D eigenvalue weighted by Gasteiger charge is -2.11. The average molecular weight is 435 g/mol. The van der Waals surface area contributed by atoms with E-state index >= 15 is 0 Å². The summed E-state index contributed by atoms with van der Waals surface area (Å²) in [6.07, 6.45) is 0. The van der Waals surface area contributed by atoms with E-state index in [0.717, 1.165) is 0 Å². The molecule has 4 aromatic carbocycles. The number of phenolic OH excluding ortho intramolecular Hbond substituents is 1. The zero-order chi connectivity index (χ0) is 22.9. The molecule has 0 spiro atoms. The zero-order valence-corrected chi connectivity index (χ0v) is 17.2. The van der Waals surface area contributed by atoms with Crippen molar-refractivity contribution in [1.82, 2.24) is 4.98 Å². The monoisotopic (exact) mass is 435 g/mol. The van der Waals surface area contributed by atoms with Crippen molar-refractivity contribution >= 4 is 22.9 Å². The molecule has 2 N–H and O–H groups in total. The zero-order valence-electron chi connectivity index (χ0n) is 17.2. The molecule has 0 amide bonds. The number of fused-ring (bicyclic) bond motifs is 1. The lowest BCUT2D eigenvalue weighted by Crippen LogP contribution is -2.03. The van der Waals surface area contributed by atoms with Crippen molar-refractivity contribution in [3.8, 4) is 28.3 Å². The fraction of sp³-hybridized carbons (Fsp3) is 0. The molecule has 6 nitrogen and oxygen atoms in total. The van der Waals surface area contributed by atoms with Crippen molar-refractivity contribution < 1.29 is 24.2 Å².